The predicted octanol–water partition coefficient (Wildman–Crippen LogP) is 3.78. The average molecular weight is 210 g/mol. The summed E-state index contributed by atoms with van der Waals surface area (Å²) in [6.45, 7) is 1.76. The third-order valence-electron chi connectivity index (χ3n) is 2.54. The third-order valence-corrected chi connectivity index (χ3v) is 2.54. The van der Waals surface area contributed by atoms with Crippen molar-refractivity contribution in [1.82, 2.24) is 0 Å². The maximum absolute atomic E-state index is 13.1. The Kier molecular flexibility index (Phi) is 2.74. The molecule has 0 saturated carbocycles. The molecule has 2 aromatic rings. The van der Waals surface area contributed by atoms with Crippen LogP contribution in [-0.2, 0) is 0 Å². The van der Waals surface area contributed by atoms with Crippen LogP contribution in [-0.4, -0.2) is 0 Å². The number of halogens is 1. The van der Waals surface area contributed by atoms with Gasteiger partial charge < -0.3 is 0 Å². The molecule has 0 nitrogen and oxygen atoms in total. The number of rotatable bonds is 1. The van der Waals surface area contributed by atoms with Crippen LogP contribution >= 0.6 is 0 Å². The Labute approximate surface area is 94.7 Å². The zero-order valence-electron chi connectivity index (χ0n) is 9.00. The van der Waals surface area contributed by atoms with Crippen LogP contribution in [0.15, 0.2) is 42.5 Å². The van der Waals surface area contributed by atoms with E-state index in [1.54, 1.807) is 13.0 Å². The molecule has 78 valence electrons. The lowest BCUT2D eigenvalue weighted by Crippen LogP contribution is -1.84. The van der Waals surface area contributed by atoms with E-state index < -0.39 is 0 Å². The highest BCUT2D eigenvalue weighted by Gasteiger charge is 2.01. The minimum absolute atomic E-state index is 0.177. The van der Waals surface area contributed by atoms with E-state index in [-0.39, 0.29) is 5.82 Å². The summed E-state index contributed by atoms with van der Waals surface area (Å²) in [5.74, 6) is 2.39. The molecule has 0 amide bonds. The van der Waals surface area contributed by atoms with Gasteiger partial charge in [-0.15, -0.1) is 6.42 Å². The minimum Gasteiger partial charge on any atom is -0.207 e. The molecule has 0 N–H and O–H groups in total. The van der Waals surface area contributed by atoms with Crippen LogP contribution in [0.4, 0.5) is 4.39 Å². The second kappa shape index (κ2) is 4.20. The van der Waals surface area contributed by atoms with Crippen LogP contribution in [0.3, 0.4) is 0 Å². The molecular formula is C15H11F. The molecule has 0 spiro atoms. The van der Waals surface area contributed by atoms with E-state index in [1.165, 1.54) is 6.07 Å². The summed E-state index contributed by atoms with van der Waals surface area (Å²) in [5.41, 5.74) is 3.55. The van der Waals surface area contributed by atoms with E-state index in [2.05, 4.69) is 5.92 Å². The Morgan fingerprint density at radius 3 is 2.19 bits per heavy atom. The van der Waals surface area contributed by atoms with Crippen LogP contribution < -0.4 is 0 Å². The molecule has 0 heterocycles. The fourth-order valence-corrected chi connectivity index (χ4v) is 1.58. The van der Waals surface area contributed by atoms with E-state index >= 15 is 0 Å². The lowest BCUT2D eigenvalue weighted by molar-refractivity contribution is 0.619. The first-order valence-electron chi connectivity index (χ1n) is 5.04. The normalized spacial score (nSPS) is 9.81. The van der Waals surface area contributed by atoms with Gasteiger partial charge in [0, 0.05) is 5.56 Å². The van der Waals surface area contributed by atoms with Gasteiger partial charge in [-0.25, -0.2) is 4.39 Å². The molecule has 0 radical (unpaired) electrons. The van der Waals surface area contributed by atoms with Gasteiger partial charge in [-0.2, -0.15) is 0 Å². The smallest absolute Gasteiger partial charge is 0.126 e. The summed E-state index contributed by atoms with van der Waals surface area (Å²) in [6, 6.07) is 12.7. The van der Waals surface area contributed by atoms with Crippen molar-refractivity contribution in [1.29, 1.82) is 0 Å². The summed E-state index contributed by atoms with van der Waals surface area (Å²) in [4.78, 5) is 0. The Hall–Kier alpha value is -2.07. The fraction of sp³-hybridized carbons (Fsp3) is 0.0667. The Morgan fingerprint density at radius 2 is 1.62 bits per heavy atom. The molecule has 16 heavy (non-hydrogen) atoms. The van der Waals surface area contributed by atoms with Crippen LogP contribution in [0.5, 0.6) is 0 Å². The molecule has 0 saturated heterocycles. The van der Waals surface area contributed by atoms with Gasteiger partial charge in [-0.05, 0) is 47.9 Å². The molecule has 2 aromatic carbocycles. The average Bonchev–Trinajstić information content (AvgIpc) is 2.33. The van der Waals surface area contributed by atoms with Crippen molar-refractivity contribution < 1.29 is 4.39 Å². The molecule has 0 fully saturated rings. The van der Waals surface area contributed by atoms with Crippen molar-refractivity contribution in [3.63, 3.8) is 0 Å². The lowest BCUT2D eigenvalue weighted by atomic mass is 10.0. The predicted molar refractivity (Wildman–Crippen MR) is 64.5 cm³/mol. The van der Waals surface area contributed by atoms with E-state index in [0.29, 0.717) is 5.56 Å². The SMILES string of the molecule is C#Cc1ccc(-c2ccc(F)c(C)c2)cc1. The highest BCUT2D eigenvalue weighted by molar-refractivity contribution is 5.65. The van der Waals surface area contributed by atoms with Gasteiger partial charge in [0.15, 0.2) is 0 Å². The molecule has 0 unspecified atom stereocenters. The zero-order valence-corrected chi connectivity index (χ0v) is 9.00. The van der Waals surface area contributed by atoms with Crippen molar-refractivity contribution in [2.75, 3.05) is 0 Å². The Bertz CT molecular complexity index is 545. The number of hydrogen-bond acceptors (Lipinski definition) is 0. The van der Waals surface area contributed by atoms with Gasteiger partial charge in [-0.1, -0.05) is 24.1 Å². The van der Waals surface area contributed by atoms with Gasteiger partial charge in [0.25, 0.3) is 0 Å². The van der Waals surface area contributed by atoms with Crippen molar-refractivity contribution in [2.24, 2.45) is 0 Å². The summed E-state index contributed by atoms with van der Waals surface area (Å²) in [7, 11) is 0. The monoisotopic (exact) mass is 210 g/mol. The second-order valence-corrected chi connectivity index (χ2v) is 3.69. The summed E-state index contributed by atoms with van der Waals surface area (Å²) < 4.78 is 13.1. The van der Waals surface area contributed by atoms with Crippen LogP contribution in [0, 0.1) is 25.1 Å². The van der Waals surface area contributed by atoms with Crippen molar-refractivity contribution in [3.8, 4) is 23.5 Å². The van der Waals surface area contributed by atoms with Crippen molar-refractivity contribution in [3.05, 3.63) is 59.4 Å². The molecule has 0 atom stereocenters. The summed E-state index contributed by atoms with van der Waals surface area (Å²) in [6.07, 6.45) is 5.28. The lowest BCUT2D eigenvalue weighted by Gasteiger charge is -2.04. The topological polar surface area (TPSA) is 0 Å². The molecular weight excluding hydrogens is 199 g/mol. The molecule has 0 aliphatic heterocycles. The van der Waals surface area contributed by atoms with Gasteiger partial charge in [0.05, 0.1) is 0 Å². The number of terminal acetylenes is 1. The first-order valence-corrected chi connectivity index (χ1v) is 5.04. The number of benzene rings is 2. The minimum atomic E-state index is -0.177. The van der Waals surface area contributed by atoms with Gasteiger partial charge in [-0.3, -0.25) is 0 Å². The van der Waals surface area contributed by atoms with Gasteiger partial charge in [0.2, 0.25) is 0 Å². The molecule has 0 aliphatic rings. The highest BCUT2D eigenvalue weighted by atomic mass is 19.1. The Morgan fingerprint density at radius 1 is 1.00 bits per heavy atom. The fourth-order valence-electron chi connectivity index (χ4n) is 1.58. The first-order chi connectivity index (χ1) is 7.70. The largest absolute Gasteiger partial charge is 0.207 e. The van der Waals surface area contributed by atoms with E-state index in [9.17, 15) is 4.39 Å². The summed E-state index contributed by atoms with van der Waals surface area (Å²) in [5, 5.41) is 0. The molecule has 2 rings (SSSR count). The molecule has 0 aliphatic carbocycles. The molecule has 0 aromatic heterocycles. The Balaban J connectivity index is 2.43. The van der Waals surface area contributed by atoms with E-state index in [0.717, 1.165) is 16.7 Å². The van der Waals surface area contributed by atoms with Gasteiger partial charge >= 0.3 is 0 Å². The van der Waals surface area contributed by atoms with Crippen LogP contribution in [0.25, 0.3) is 11.1 Å². The van der Waals surface area contributed by atoms with Crippen LogP contribution in [0.1, 0.15) is 11.1 Å². The standard InChI is InChI=1S/C15H11F/c1-3-12-4-6-13(7-5-12)14-8-9-15(16)11(2)10-14/h1,4-10H,2H3. The number of aryl methyl sites for hydroxylation is 1. The summed E-state index contributed by atoms with van der Waals surface area (Å²) >= 11 is 0. The van der Waals surface area contributed by atoms with E-state index in [4.69, 9.17) is 6.42 Å². The molecule has 1 heteroatoms. The molecule has 0 bridgehead atoms. The number of hydrogen-bond donors (Lipinski definition) is 0. The van der Waals surface area contributed by atoms with Crippen molar-refractivity contribution >= 4 is 0 Å². The van der Waals surface area contributed by atoms with Crippen molar-refractivity contribution in [2.45, 2.75) is 6.92 Å². The van der Waals surface area contributed by atoms with Crippen LogP contribution in [0.2, 0.25) is 0 Å². The van der Waals surface area contributed by atoms with Gasteiger partial charge in [0.1, 0.15) is 5.82 Å². The zero-order chi connectivity index (χ0) is 11.5. The highest BCUT2D eigenvalue weighted by Crippen LogP contribution is 2.22. The van der Waals surface area contributed by atoms with E-state index in [1.807, 2.05) is 30.3 Å². The maximum atomic E-state index is 13.1. The third kappa shape index (κ3) is 1.97. The quantitative estimate of drug-likeness (QED) is 0.628. The first kappa shape index (κ1) is 10.4. The second-order valence-electron chi connectivity index (χ2n) is 3.69. The maximum Gasteiger partial charge on any atom is 0.126 e.